The van der Waals surface area contributed by atoms with E-state index in [1.54, 1.807) is 36.4 Å². The van der Waals surface area contributed by atoms with Crippen LogP contribution in [0.5, 0.6) is 0 Å². The number of nitrogens with zero attached hydrogens (tertiary/aromatic N) is 1. The summed E-state index contributed by atoms with van der Waals surface area (Å²) in [6.07, 6.45) is 2.28. The van der Waals surface area contributed by atoms with Crippen molar-refractivity contribution in [2.45, 2.75) is 19.3 Å². The van der Waals surface area contributed by atoms with E-state index in [2.05, 4.69) is 15.8 Å². The summed E-state index contributed by atoms with van der Waals surface area (Å²) in [7, 11) is 0. The van der Waals surface area contributed by atoms with Crippen LogP contribution in [-0.4, -0.2) is 18.0 Å². The number of carbonyl (C=O) groups excluding carboxylic acids is 2. The van der Waals surface area contributed by atoms with Crippen LogP contribution >= 0.6 is 34.8 Å². The van der Waals surface area contributed by atoms with Gasteiger partial charge >= 0.3 is 0 Å². The Kier molecular flexibility index (Phi) is 7.91. The molecule has 8 heteroatoms. The maximum atomic E-state index is 11.9. The number of benzene rings is 2. The molecule has 2 rings (SSSR count). The fraction of sp³-hybridized carbons (Fsp3) is 0.167. The summed E-state index contributed by atoms with van der Waals surface area (Å²) in [4.78, 5) is 23.6. The molecule has 0 saturated heterocycles. The molecule has 2 aromatic carbocycles. The molecular weight excluding hydrogens is 397 g/mol. The van der Waals surface area contributed by atoms with Crippen molar-refractivity contribution in [3.8, 4) is 0 Å². The van der Waals surface area contributed by atoms with Crippen LogP contribution in [0.15, 0.2) is 47.6 Å². The molecule has 2 N–H and O–H groups in total. The van der Waals surface area contributed by atoms with E-state index in [4.69, 9.17) is 34.8 Å². The first-order valence-corrected chi connectivity index (χ1v) is 8.90. The first kappa shape index (κ1) is 20.2. The van der Waals surface area contributed by atoms with E-state index in [-0.39, 0.29) is 24.7 Å². The minimum atomic E-state index is -0.273. The third-order valence-electron chi connectivity index (χ3n) is 3.26. The normalized spacial score (nSPS) is 10.7. The quantitative estimate of drug-likeness (QED) is 0.501. The fourth-order valence-corrected chi connectivity index (χ4v) is 2.53. The second-order valence-corrected chi connectivity index (χ2v) is 6.63. The van der Waals surface area contributed by atoms with Crippen molar-refractivity contribution >= 4 is 58.5 Å². The molecule has 0 saturated carbocycles. The highest BCUT2D eigenvalue weighted by atomic mass is 35.5. The highest BCUT2D eigenvalue weighted by molar-refractivity contribution is 6.42. The SMILES string of the molecule is O=C(CCCC(=O)Nc1ccc(Cl)c(Cl)c1)N/N=C\c1cccc(Cl)c1. The summed E-state index contributed by atoms with van der Waals surface area (Å²) >= 11 is 17.6. The third kappa shape index (κ3) is 7.04. The van der Waals surface area contributed by atoms with Gasteiger partial charge in [0.25, 0.3) is 0 Å². The van der Waals surface area contributed by atoms with Gasteiger partial charge in [-0.3, -0.25) is 9.59 Å². The number of hydrogen-bond donors (Lipinski definition) is 2. The molecule has 0 bridgehead atoms. The molecule has 0 aliphatic rings. The van der Waals surface area contributed by atoms with Gasteiger partial charge in [0.2, 0.25) is 11.8 Å². The van der Waals surface area contributed by atoms with Crippen molar-refractivity contribution in [2.24, 2.45) is 5.10 Å². The molecule has 0 radical (unpaired) electrons. The van der Waals surface area contributed by atoms with Crippen LogP contribution in [0.1, 0.15) is 24.8 Å². The summed E-state index contributed by atoms with van der Waals surface area (Å²) in [5, 5.41) is 7.92. The molecule has 136 valence electrons. The molecule has 0 aromatic heterocycles. The monoisotopic (exact) mass is 411 g/mol. The molecule has 0 spiro atoms. The number of halogens is 3. The van der Waals surface area contributed by atoms with Crippen LogP contribution in [0.2, 0.25) is 15.1 Å². The van der Waals surface area contributed by atoms with Crippen molar-refractivity contribution in [1.82, 2.24) is 5.43 Å². The molecular formula is C18H16Cl3N3O2. The number of nitrogens with one attached hydrogen (secondary N) is 2. The zero-order valence-corrected chi connectivity index (χ0v) is 15.9. The summed E-state index contributed by atoms with van der Waals surface area (Å²) in [6, 6.07) is 11.9. The second kappa shape index (κ2) is 10.2. The van der Waals surface area contributed by atoms with E-state index >= 15 is 0 Å². The van der Waals surface area contributed by atoms with Gasteiger partial charge in [-0.15, -0.1) is 0 Å². The van der Waals surface area contributed by atoms with Crippen LogP contribution in [0.3, 0.4) is 0 Å². The topological polar surface area (TPSA) is 70.6 Å². The standard InChI is InChI=1S/C18H16Cl3N3O2/c19-13-4-1-3-12(9-13)11-22-24-18(26)6-2-5-17(25)23-14-7-8-15(20)16(21)10-14/h1,3-4,7-11H,2,5-6H2,(H,23,25)(H,24,26)/b22-11-. The maximum absolute atomic E-state index is 11.9. The van der Waals surface area contributed by atoms with Crippen molar-refractivity contribution in [2.75, 3.05) is 5.32 Å². The second-order valence-electron chi connectivity index (χ2n) is 5.38. The Balaban J connectivity index is 1.69. The van der Waals surface area contributed by atoms with Gasteiger partial charge in [-0.1, -0.05) is 46.9 Å². The van der Waals surface area contributed by atoms with Gasteiger partial charge in [0.1, 0.15) is 0 Å². The molecule has 0 aliphatic carbocycles. The molecule has 5 nitrogen and oxygen atoms in total. The van der Waals surface area contributed by atoms with Crippen LogP contribution in [0.4, 0.5) is 5.69 Å². The number of carbonyl (C=O) groups is 2. The van der Waals surface area contributed by atoms with Crippen molar-refractivity contribution in [3.63, 3.8) is 0 Å². The first-order chi connectivity index (χ1) is 12.4. The number of rotatable bonds is 7. The lowest BCUT2D eigenvalue weighted by Crippen LogP contribution is -2.18. The molecule has 0 fully saturated rings. The molecule has 0 heterocycles. The Morgan fingerprint density at radius 2 is 1.73 bits per heavy atom. The predicted molar refractivity (Wildman–Crippen MR) is 106 cm³/mol. The van der Waals surface area contributed by atoms with Gasteiger partial charge in [0, 0.05) is 23.6 Å². The maximum Gasteiger partial charge on any atom is 0.240 e. The van der Waals surface area contributed by atoms with E-state index in [0.29, 0.717) is 27.2 Å². The largest absolute Gasteiger partial charge is 0.326 e. The predicted octanol–water partition coefficient (Wildman–Crippen LogP) is 4.91. The van der Waals surface area contributed by atoms with Gasteiger partial charge in [-0.25, -0.2) is 5.43 Å². The minimum Gasteiger partial charge on any atom is -0.326 e. The van der Waals surface area contributed by atoms with Crippen LogP contribution < -0.4 is 10.7 Å². The summed E-state index contributed by atoms with van der Waals surface area (Å²) < 4.78 is 0. The van der Waals surface area contributed by atoms with Crippen molar-refractivity contribution in [3.05, 3.63) is 63.1 Å². The van der Waals surface area contributed by atoms with Gasteiger partial charge in [-0.05, 0) is 42.3 Å². The average Bonchev–Trinajstić information content (AvgIpc) is 2.58. The Bertz CT molecular complexity index is 825. The lowest BCUT2D eigenvalue weighted by Gasteiger charge is -2.06. The number of hydrazone groups is 1. The van der Waals surface area contributed by atoms with Gasteiger partial charge < -0.3 is 5.32 Å². The highest BCUT2D eigenvalue weighted by Gasteiger charge is 2.06. The highest BCUT2D eigenvalue weighted by Crippen LogP contribution is 2.25. The Morgan fingerprint density at radius 1 is 0.962 bits per heavy atom. The van der Waals surface area contributed by atoms with Gasteiger partial charge in [0.15, 0.2) is 0 Å². The van der Waals surface area contributed by atoms with Crippen LogP contribution in [0.25, 0.3) is 0 Å². The van der Waals surface area contributed by atoms with Crippen LogP contribution in [-0.2, 0) is 9.59 Å². The van der Waals surface area contributed by atoms with E-state index in [1.807, 2.05) is 6.07 Å². The van der Waals surface area contributed by atoms with Crippen LogP contribution in [0, 0.1) is 0 Å². The van der Waals surface area contributed by atoms with E-state index < -0.39 is 0 Å². The summed E-state index contributed by atoms with van der Waals surface area (Å²) in [5.41, 5.74) is 3.74. The molecule has 0 aliphatic heterocycles. The van der Waals surface area contributed by atoms with E-state index in [0.717, 1.165) is 5.56 Å². The number of amides is 2. The van der Waals surface area contributed by atoms with Crippen molar-refractivity contribution in [1.29, 1.82) is 0 Å². The lowest BCUT2D eigenvalue weighted by molar-refractivity contribution is -0.121. The minimum absolute atomic E-state index is 0.182. The Morgan fingerprint density at radius 3 is 2.46 bits per heavy atom. The first-order valence-electron chi connectivity index (χ1n) is 7.76. The fourth-order valence-electron chi connectivity index (χ4n) is 2.03. The van der Waals surface area contributed by atoms with Crippen molar-refractivity contribution < 1.29 is 9.59 Å². The van der Waals surface area contributed by atoms with E-state index in [1.165, 1.54) is 6.21 Å². The Hall–Kier alpha value is -2.08. The van der Waals surface area contributed by atoms with E-state index in [9.17, 15) is 9.59 Å². The summed E-state index contributed by atoms with van der Waals surface area (Å²) in [5.74, 6) is -0.482. The Labute approximate surface area is 166 Å². The van der Waals surface area contributed by atoms with Gasteiger partial charge in [0.05, 0.1) is 16.3 Å². The molecule has 26 heavy (non-hydrogen) atoms. The zero-order chi connectivity index (χ0) is 18.9. The lowest BCUT2D eigenvalue weighted by atomic mass is 10.2. The summed E-state index contributed by atoms with van der Waals surface area (Å²) in [6.45, 7) is 0. The number of anilines is 1. The smallest absolute Gasteiger partial charge is 0.240 e. The average molecular weight is 413 g/mol. The molecule has 2 amide bonds. The third-order valence-corrected chi connectivity index (χ3v) is 4.24. The molecule has 2 aromatic rings. The molecule has 0 unspecified atom stereocenters. The molecule has 0 atom stereocenters. The van der Waals surface area contributed by atoms with Gasteiger partial charge in [-0.2, -0.15) is 5.10 Å². The number of hydrogen-bond acceptors (Lipinski definition) is 3. The zero-order valence-electron chi connectivity index (χ0n) is 13.6.